The summed E-state index contributed by atoms with van der Waals surface area (Å²) in [6.07, 6.45) is 7.23. The van der Waals surface area contributed by atoms with Crippen LogP contribution in [0.25, 0.3) is 16.5 Å². The van der Waals surface area contributed by atoms with Crippen LogP contribution >= 0.6 is 0 Å². The largest absolute Gasteiger partial charge is 0.501 e. The highest BCUT2D eigenvalue weighted by Crippen LogP contribution is 2.29. The van der Waals surface area contributed by atoms with Crippen molar-refractivity contribution in [1.29, 1.82) is 0 Å². The van der Waals surface area contributed by atoms with E-state index in [2.05, 4.69) is 11.1 Å². The summed E-state index contributed by atoms with van der Waals surface area (Å²) >= 11 is 0. The van der Waals surface area contributed by atoms with Gasteiger partial charge in [0.2, 0.25) is 6.41 Å². The van der Waals surface area contributed by atoms with Gasteiger partial charge in [0.15, 0.2) is 17.7 Å². The van der Waals surface area contributed by atoms with E-state index in [9.17, 15) is 23.2 Å². The zero-order chi connectivity index (χ0) is 29.8. The number of carbonyl (C=O) groups is 1. The molecule has 0 spiro atoms. The van der Waals surface area contributed by atoms with Gasteiger partial charge in [0, 0.05) is 37.8 Å². The zero-order valence-electron chi connectivity index (χ0n) is 23.1. The normalized spacial score (nSPS) is 16.0. The summed E-state index contributed by atoms with van der Waals surface area (Å²) in [6, 6.07) is 5.24. The fourth-order valence-corrected chi connectivity index (χ4v) is 5.38. The predicted molar refractivity (Wildman–Crippen MR) is 150 cm³/mol. The molecule has 1 amide bonds. The number of aromatic nitrogens is 3. The van der Waals surface area contributed by atoms with E-state index in [1.54, 1.807) is 30.3 Å². The second-order valence-electron chi connectivity index (χ2n) is 10.3. The molecule has 9 nitrogen and oxygen atoms in total. The van der Waals surface area contributed by atoms with Crippen molar-refractivity contribution in [1.82, 2.24) is 19.0 Å². The first kappa shape index (κ1) is 29.2. The molecule has 0 atom stereocenters. The Morgan fingerprint density at radius 3 is 2.55 bits per heavy atom. The van der Waals surface area contributed by atoms with Gasteiger partial charge in [-0.3, -0.25) is 23.7 Å². The summed E-state index contributed by atoms with van der Waals surface area (Å²) < 4.78 is 54.3. The first-order chi connectivity index (χ1) is 20.4. The molecule has 1 aromatic carbocycles. The minimum Gasteiger partial charge on any atom is -0.501 e. The number of hydrogen-bond donors (Lipinski definition) is 0. The summed E-state index contributed by atoms with van der Waals surface area (Å²) in [7, 11) is 1.62. The molecule has 2 aliphatic rings. The number of rotatable bonds is 10. The summed E-state index contributed by atoms with van der Waals surface area (Å²) in [5.41, 5.74) is 0.913. The summed E-state index contributed by atoms with van der Waals surface area (Å²) in [5.74, 6) is -0.583. The molecular weight excluding hydrogens is 553 g/mol. The number of piperidine rings is 1. The van der Waals surface area contributed by atoms with Gasteiger partial charge in [-0.2, -0.15) is 0 Å². The lowest BCUT2D eigenvalue weighted by atomic mass is 10.0. The van der Waals surface area contributed by atoms with Crippen LogP contribution in [-0.2, 0) is 16.1 Å². The van der Waals surface area contributed by atoms with Crippen molar-refractivity contribution in [2.45, 2.75) is 44.4 Å². The number of nitrogens with zero attached hydrogens (tertiary/aromatic N) is 4. The number of likely N-dealkylation sites (tertiary alicyclic amines) is 1. The van der Waals surface area contributed by atoms with Crippen LogP contribution in [0.3, 0.4) is 0 Å². The maximum Gasteiger partial charge on any atom is 0.332 e. The van der Waals surface area contributed by atoms with Crippen molar-refractivity contribution in [2.24, 2.45) is 0 Å². The average molecular weight is 585 g/mol. The van der Waals surface area contributed by atoms with Crippen molar-refractivity contribution in [3.05, 3.63) is 86.3 Å². The maximum atomic E-state index is 15.1. The van der Waals surface area contributed by atoms with Crippen LogP contribution in [0.15, 0.2) is 58.0 Å². The molecule has 0 bridgehead atoms. The number of ether oxygens (including phenoxy) is 2. The highest BCUT2D eigenvalue weighted by molar-refractivity contribution is 5.80. The highest BCUT2D eigenvalue weighted by Gasteiger charge is 2.26. The number of carbonyl (C=O) groups excluding carboxylic acids is 1. The van der Waals surface area contributed by atoms with Gasteiger partial charge in [0.05, 0.1) is 36.0 Å². The van der Waals surface area contributed by atoms with Crippen molar-refractivity contribution in [2.75, 3.05) is 33.5 Å². The molecule has 1 saturated heterocycles. The second kappa shape index (κ2) is 12.7. The fraction of sp³-hybridized carbons (Fsp3) is 0.400. The second-order valence-corrected chi connectivity index (χ2v) is 10.3. The lowest BCUT2D eigenvalue weighted by Gasteiger charge is -2.31. The molecule has 42 heavy (non-hydrogen) atoms. The Bertz CT molecular complexity index is 1640. The molecule has 0 N–H and O–H groups in total. The Kier molecular flexibility index (Phi) is 8.79. The smallest absolute Gasteiger partial charge is 0.332 e. The number of methoxy groups -OCH3 is 1. The van der Waals surface area contributed by atoms with E-state index in [0.717, 1.165) is 47.3 Å². The van der Waals surface area contributed by atoms with Crippen molar-refractivity contribution in [3.63, 3.8) is 0 Å². The van der Waals surface area contributed by atoms with Crippen molar-refractivity contribution in [3.8, 4) is 5.75 Å². The van der Waals surface area contributed by atoms with E-state index in [1.807, 2.05) is 6.08 Å². The fourth-order valence-electron chi connectivity index (χ4n) is 5.38. The first-order valence-electron chi connectivity index (χ1n) is 13.7. The van der Waals surface area contributed by atoms with E-state index in [4.69, 9.17) is 9.47 Å². The van der Waals surface area contributed by atoms with Gasteiger partial charge in [-0.25, -0.2) is 18.0 Å². The topological polar surface area (TPSA) is 95.7 Å². The standard InChI is InChI=1S/C30H31F3N4O5/c1-41-22-4-2-3-20(11-22)26-6-5-19(16-34-26)17-36-29(39)24-12-28(42-23(14-31)15-32)25(33)13-27(24)37(30(36)40)21-7-9-35(18-38)10-8-21/h3,5-6,11-13,16,18,21,23H,2,4,7-10,14-15,17H2,1H3. The number of hydrogen-bond acceptors (Lipinski definition) is 6. The van der Waals surface area contributed by atoms with E-state index < -0.39 is 48.3 Å². The van der Waals surface area contributed by atoms with E-state index in [0.29, 0.717) is 37.2 Å². The molecule has 5 rings (SSSR count). The number of benzene rings is 1. The van der Waals surface area contributed by atoms with E-state index in [-0.39, 0.29) is 17.4 Å². The van der Waals surface area contributed by atoms with Crippen LogP contribution in [0.5, 0.6) is 5.75 Å². The van der Waals surface area contributed by atoms with Gasteiger partial charge in [-0.05, 0) is 48.6 Å². The Hall–Kier alpha value is -4.35. The van der Waals surface area contributed by atoms with Gasteiger partial charge in [-0.1, -0.05) is 12.1 Å². The van der Waals surface area contributed by atoms with Crippen LogP contribution < -0.4 is 16.0 Å². The molecule has 2 aromatic heterocycles. The van der Waals surface area contributed by atoms with Gasteiger partial charge < -0.3 is 14.4 Å². The number of pyridine rings is 1. The Morgan fingerprint density at radius 2 is 1.90 bits per heavy atom. The summed E-state index contributed by atoms with van der Waals surface area (Å²) in [5, 5.41) is -0.0329. The monoisotopic (exact) mass is 584 g/mol. The Morgan fingerprint density at radius 1 is 1.14 bits per heavy atom. The number of allylic oxidation sites excluding steroid dienone is 4. The van der Waals surface area contributed by atoms with Crippen molar-refractivity contribution >= 4 is 22.9 Å². The van der Waals surface area contributed by atoms with Crippen LogP contribution in [0, 0.1) is 5.82 Å². The van der Waals surface area contributed by atoms with Crippen LogP contribution in [-0.4, -0.2) is 65.1 Å². The van der Waals surface area contributed by atoms with Crippen molar-refractivity contribution < 1.29 is 27.4 Å². The van der Waals surface area contributed by atoms with Gasteiger partial charge in [0.1, 0.15) is 13.3 Å². The van der Waals surface area contributed by atoms with Gasteiger partial charge >= 0.3 is 5.69 Å². The molecule has 222 valence electrons. The molecule has 0 unspecified atom stereocenters. The SMILES string of the molecule is COC1=CC(c2ccc(Cn3c(=O)c4cc(OC(CF)CF)c(F)cc4n(C4CCN(C=O)CC4)c3=O)cn2)=CCC1. The summed E-state index contributed by atoms with van der Waals surface area (Å²) in [4.78, 5) is 44.9. The number of fused-ring (bicyclic) bond motifs is 1. The molecule has 3 aromatic rings. The molecule has 1 aliphatic heterocycles. The maximum absolute atomic E-state index is 15.1. The molecule has 1 fully saturated rings. The number of amides is 1. The zero-order valence-corrected chi connectivity index (χ0v) is 23.1. The van der Waals surface area contributed by atoms with E-state index in [1.165, 1.54) is 4.57 Å². The van der Waals surface area contributed by atoms with Crippen LogP contribution in [0.4, 0.5) is 13.2 Å². The van der Waals surface area contributed by atoms with Crippen LogP contribution in [0.2, 0.25) is 0 Å². The quantitative estimate of drug-likeness (QED) is 0.335. The Labute approximate surface area is 239 Å². The minimum atomic E-state index is -1.53. The third kappa shape index (κ3) is 5.83. The predicted octanol–water partition coefficient (Wildman–Crippen LogP) is 3.93. The molecule has 0 saturated carbocycles. The highest BCUT2D eigenvalue weighted by atomic mass is 19.1. The average Bonchev–Trinajstić information content (AvgIpc) is 3.03. The molecule has 0 radical (unpaired) electrons. The number of alkyl halides is 2. The molecular formula is C30H31F3N4O5. The van der Waals surface area contributed by atoms with Gasteiger partial charge in [-0.15, -0.1) is 0 Å². The van der Waals surface area contributed by atoms with Gasteiger partial charge in [0.25, 0.3) is 5.56 Å². The molecule has 3 heterocycles. The lowest BCUT2D eigenvalue weighted by Crippen LogP contribution is -2.44. The Balaban J connectivity index is 1.57. The third-order valence-electron chi connectivity index (χ3n) is 7.67. The first-order valence-corrected chi connectivity index (χ1v) is 13.7. The third-order valence-corrected chi connectivity index (χ3v) is 7.67. The lowest BCUT2D eigenvalue weighted by molar-refractivity contribution is -0.119. The number of halogens is 3. The molecule has 12 heteroatoms. The van der Waals surface area contributed by atoms with E-state index >= 15 is 4.39 Å². The minimum absolute atomic E-state index is 0.0329. The van der Waals surface area contributed by atoms with Crippen LogP contribution in [0.1, 0.15) is 43.0 Å². The summed E-state index contributed by atoms with van der Waals surface area (Å²) in [6.45, 7) is -1.71. The molecule has 1 aliphatic carbocycles.